The van der Waals surface area contributed by atoms with Crippen LogP contribution in [0.15, 0.2) is 72.9 Å². The van der Waals surface area contributed by atoms with Crippen LogP contribution in [0.4, 0.5) is 11.4 Å². The molecule has 1 amide bonds. The molecule has 190 valence electrons. The second kappa shape index (κ2) is 10.1. The van der Waals surface area contributed by atoms with Gasteiger partial charge in [-0.1, -0.05) is 41.4 Å². The Balaban J connectivity index is 1.54. The summed E-state index contributed by atoms with van der Waals surface area (Å²) in [6, 6.07) is 17.5. The Morgan fingerprint density at radius 1 is 1.08 bits per heavy atom. The van der Waals surface area contributed by atoms with Gasteiger partial charge in [0.15, 0.2) is 0 Å². The summed E-state index contributed by atoms with van der Waals surface area (Å²) in [5.74, 6) is -0.0993. The standard InChI is InChI=1S/C27H19Cl2N5O4/c1-15-22(14-33(2)32-15)25-13-21(20-5-3-4-6-24(20)31-25)27(35)30-17-10-18(34(36)37)12-19(11-17)38-26-8-7-16(28)9-23(26)29/h3-14H,1-2H3,(H,30,35). The molecule has 3 aromatic carbocycles. The van der Waals surface area contributed by atoms with Gasteiger partial charge < -0.3 is 10.1 Å². The van der Waals surface area contributed by atoms with E-state index in [1.54, 1.807) is 28.9 Å². The van der Waals surface area contributed by atoms with Gasteiger partial charge in [-0.15, -0.1) is 0 Å². The van der Waals surface area contributed by atoms with Gasteiger partial charge in [0.1, 0.15) is 11.5 Å². The summed E-state index contributed by atoms with van der Waals surface area (Å²) >= 11 is 12.1. The lowest BCUT2D eigenvalue weighted by molar-refractivity contribution is -0.384. The SMILES string of the molecule is Cc1nn(C)cc1-c1cc(C(=O)Nc2cc(Oc3ccc(Cl)cc3Cl)cc([N+](=O)[O-])c2)c2ccccc2n1. The smallest absolute Gasteiger partial charge is 0.275 e. The van der Waals surface area contributed by atoms with E-state index >= 15 is 0 Å². The second-order valence-corrected chi connectivity index (χ2v) is 9.32. The van der Waals surface area contributed by atoms with Crippen molar-refractivity contribution in [3.8, 4) is 22.8 Å². The average molecular weight is 548 g/mol. The largest absolute Gasteiger partial charge is 0.455 e. The molecule has 0 unspecified atom stereocenters. The predicted octanol–water partition coefficient (Wildman–Crippen LogP) is 7.20. The van der Waals surface area contributed by atoms with Crippen LogP contribution < -0.4 is 10.1 Å². The fraction of sp³-hybridized carbons (Fsp3) is 0.0741. The first-order valence-electron chi connectivity index (χ1n) is 11.3. The van der Waals surface area contributed by atoms with Crippen LogP contribution in [-0.4, -0.2) is 25.6 Å². The zero-order valence-electron chi connectivity index (χ0n) is 20.1. The van der Waals surface area contributed by atoms with Gasteiger partial charge in [0.25, 0.3) is 11.6 Å². The summed E-state index contributed by atoms with van der Waals surface area (Å²) in [6.45, 7) is 1.86. The summed E-state index contributed by atoms with van der Waals surface area (Å²) in [5.41, 5.74) is 3.02. The highest BCUT2D eigenvalue weighted by molar-refractivity contribution is 6.35. The lowest BCUT2D eigenvalue weighted by Gasteiger charge is -2.12. The third-order valence-corrected chi connectivity index (χ3v) is 6.26. The number of amides is 1. The van der Waals surface area contributed by atoms with Crippen molar-refractivity contribution >= 4 is 51.4 Å². The van der Waals surface area contributed by atoms with Crippen LogP contribution in [0.2, 0.25) is 10.0 Å². The molecule has 38 heavy (non-hydrogen) atoms. The number of anilines is 1. The third-order valence-electron chi connectivity index (χ3n) is 5.73. The summed E-state index contributed by atoms with van der Waals surface area (Å²) in [7, 11) is 1.81. The predicted molar refractivity (Wildman–Crippen MR) is 146 cm³/mol. The zero-order valence-corrected chi connectivity index (χ0v) is 21.6. The average Bonchev–Trinajstić information content (AvgIpc) is 3.22. The highest BCUT2D eigenvalue weighted by Gasteiger charge is 2.19. The number of halogens is 2. The minimum Gasteiger partial charge on any atom is -0.455 e. The molecule has 0 aliphatic carbocycles. The van der Waals surface area contributed by atoms with Crippen LogP contribution in [0, 0.1) is 17.0 Å². The van der Waals surface area contributed by atoms with Gasteiger partial charge in [-0.2, -0.15) is 5.10 Å². The Bertz CT molecular complexity index is 1730. The van der Waals surface area contributed by atoms with Crippen molar-refractivity contribution in [1.29, 1.82) is 0 Å². The molecule has 11 heteroatoms. The van der Waals surface area contributed by atoms with Crippen LogP contribution in [0.5, 0.6) is 11.5 Å². The minimum atomic E-state index is -0.572. The van der Waals surface area contributed by atoms with Crippen LogP contribution in [0.25, 0.3) is 22.2 Å². The van der Waals surface area contributed by atoms with Crippen molar-refractivity contribution in [2.75, 3.05) is 5.32 Å². The Hall–Kier alpha value is -4.47. The van der Waals surface area contributed by atoms with Gasteiger partial charge in [0.05, 0.1) is 44.2 Å². The zero-order chi connectivity index (χ0) is 27.0. The topological polar surface area (TPSA) is 112 Å². The molecule has 0 saturated heterocycles. The number of rotatable bonds is 6. The Morgan fingerprint density at radius 3 is 2.58 bits per heavy atom. The fourth-order valence-electron chi connectivity index (χ4n) is 4.06. The quantitative estimate of drug-likeness (QED) is 0.177. The second-order valence-electron chi connectivity index (χ2n) is 8.48. The molecule has 0 bridgehead atoms. The van der Waals surface area contributed by atoms with Crippen molar-refractivity contribution in [1.82, 2.24) is 14.8 Å². The molecular formula is C27H19Cl2N5O4. The van der Waals surface area contributed by atoms with Crippen LogP contribution in [-0.2, 0) is 7.05 Å². The molecule has 0 atom stereocenters. The number of para-hydroxylation sites is 1. The van der Waals surface area contributed by atoms with Crippen LogP contribution in [0.3, 0.4) is 0 Å². The Labute approximate surface area is 226 Å². The van der Waals surface area contributed by atoms with Crippen molar-refractivity contribution in [3.63, 3.8) is 0 Å². The summed E-state index contributed by atoms with van der Waals surface area (Å²) in [5, 5.41) is 20.0. The maximum Gasteiger partial charge on any atom is 0.275 e. The molecule has 0 aliphatic heterocycles. The number of carbonyl (C=O) groups is 1. The van der Waals surface area contributed by atoms with Crippen molar-refractivity contribution in [2.24, 2.45) is 7.05 Å². The van der Waals surface area contributed by atoms with Gasteiger partial charge >= 0.3 is 0 Å². The number of fused-ring (bicyclic) bond motifs is 1. The first-order valence-corrected chi connectivity index (χ1v) is 12.1. The van der Waals surface area contributed by atoms with E-state index in [1.807, 2.05) is 38.4 Å². The first kappa shape index (κ1) is 25.2. The van der Waals surface area contributed by atoms with E-state index in [9.17, 15) is 14.9 Å². The summed E-state index contributed by atoms with van der Waals surface area (Å²) in [4.78, 5) is 29.3. The van der Waals surface area contributed by atoms with Gasteiger partial charge in [-0.25, -0.2) is 4.98 Å². The fourth-order valence-corrected chi connectivity index (χ4v) is 4.50. The molecule has 5 aromatic rings. The van der Waals surface area contributed by atoms with E-state index in [-0.39, 0.29) is 27.9 Å². The highest BCUT2D eigenvalue weighted by Crippen LogP contribution is 2.35. The number of pyridine rings is 1. The molecule has 0 aliphatic rings. The lowest BCUT2D eigenvalue weighted by Crippen LogP contribution is -2.13. The van der Waals surface area contributed by atoms with Crippen LogP contribution >= 0.6 is 23.2 Å². The van der Waals surface area contributed by atoms with E-state index in [0.717, 1.165) is 11.3 Å². The lowest BCUT2D eigenvalue weighted by atomic mass is 10.0. The molecule has 5 rings (SSSR count). The normalized spacial score (nSPS) is 10.9. The molecule has 2 heterocycles. The summed E-state index contributed by atoms with van der Waals surface area (Å²) < 4.78 is 7.46. The van der Waals surface area contributed by atoms with E-state index in [0.29, 0.717) is 27.2 Å². The number of nitro groups is 1. The van der Waals surface area contributed by atoms with Gasteiger partial charge in [0, 0.05) is 41.3 Å². The minimum absolute atomic E-state index is 0.116. The van der Waals surface area contributed by atoms with Gasteiger partial charge in [-0.05, 0) is 37.3 Å². The number of nitrogens with zero attached hydrogens (tertiary/aromatic N) is 4. The molecule has 0 fully saturated rings. The number of aromatic nitrogens is 3. The van der Waals surface area contributed by atoms with Gasteiger partial charge in [-0.3, -0.25) is 19.6 Å². The van der Waals surface area contributed by atoms with E-state index in [1.165, 1.54) is 24.3 Å². The number of nitro benzene ring substituents is 1. The molecular weight excluding hydrogens is 529 g/mol. The number of benzene rings is 3. The van der Waals surface area contributed by atoms with Gasteiger partial charge in [0.2, 0.25) is 0 Å². The number of hydrogen-bond acceptors (Lipinski definition) is 6. The number of aryl methyl sites for hydroxylation is 2. The molecule has 0 spiro atoms. The molecule has 0 radical (unpaired) electrons. The number of carbonyl (C=O) groups excluding carboxylic acids is 1. The molecule has 1 N–H and O–H groups in total. The monoisotopic (exact) mass is 547 g/mol. The van der Waals surface area contributed by atoms with Crippen molar-refractivity contribution < 1.29 is 14.5 Å². The number of hydrogen-bond donors (Lipinski definition) is 1. The molecule has 9 nitrogen and oxygen atoms in total. The maximum atomic E-state index is 13.5. The number of nitrogens with one attached hydrogen (secondary N) is 1. The van der Waals surface area contributed by atoms with E-state index in [2.05, 4.69) is 10.4 Å². The van der Waals surface area contributed by atoms with Crippen LogP contribution in [0.1, 0.15) is 16.1 Å². The van der Waals surface area contributed by atoms with Crippen molar-refractivity contribution in [2.45, 2.75) is 6.92 Å². The number of ether oxygens (including phenoxy) is 1. The Morgan fingerprint density at radius 2 is 1.87 bits per heavy atom. The van der Waals surface area contributed by atoms with E-state index in [4.69, 9.17) is 32.9 Å². The summed E-state index contributed by atoms with van der Waals surface area (Å²) in [6.07, 6.45) is 1.83. The number of non-ortho nitro benzene ring substituents is 1. The highest BCUT2D eigenvalue weighted by atomic mass is 35.5. The Kier molecular flexibility index (Phi) is 6.71. The van der Waals surface area contributed by atoms with Crippen molar-refractivity contribution in [3.05, 3.63) is 104 Å². The molecule has 2 aromatic heterocycles. The van der Waals surface area contributed by atoms with E-state index < -0.39 is 10.8 Å². The third kappa shape index (κ3) is 5.15. The molecule has 0 saturated carbocycles. The maximum absolute atomic E-state index is 13.5. The first-order chi connectivity index (χ1) is 18.2.